The molecule has 0 saturated heterocycles. The summed E-state index contributed by atoms with van der Waals surface area (Å²) < 4.78 is 6.38. The maximum atomic E-state index is 6.38. The Morgan fingerprint density at radius 1 is 0.688 bits per heavy atom. The second-order valence-corrected chi connectivity index (χ2v) is 9.80. The van der Waals surface area contributed by atoms with Crippen molar-refractivity contribution < 1.29 is 4.74 Å². The molecule has 0 aromatic heterocycles. The van der Waals surface area contributed by atoms with Crippen molar-refractivity contribution in [1.29, 1.82) is 0 Å². The van der Waals surface area contributed by atoms with Crippen molar-refractivity contribution in [3.63, 3.8) is 0 Å². The van der Waals surface area contributed by atoms with E-state index in [4.69, 9.17) is 4.74 Å². The smallest absolute Gasteiger partial charge is 0.123 e. The molecule has 0 radical (unpaired) electrons. The van der Waals surface area contributed by atoms with Crippen molar-refractivity contribution in [3.8, 4) is 5.75 Å². The van der Waals surface area contributed by atoms with E-state index in [1.807, 2.05) is 0 Å². The number of para-hydroxylation sites is 1. The van der Waals surface area contributed by atoms with E-state index in [0.717, 1.165) is 31.7 Å². The zero-order valence-corrected chi connectivity index (χ0v) is 22.1. The minimum absolute atomic E-state index is 0.256. The van der Waals surface area contributed by atoms with E-state index in [9.17, 15) is 0 Å². The Hall–Kier alpha value is -1.02. The van der Waals surface area contributed by atoms with Crippen LogP contribution in [0.3, 0.4) is 0 Å². The second-order valence-electron chi connectivity index (χ2n) is 9.80. The molecule has 2 nitrogen and oxygen atoms in total. The molecule has 32 heavy (non-hydrogen) atoms. The fourth-order valence-corrected chi connectivity index (χ4v) is 4.37. The predicted octanol–water partition coefficient (Wildman–Crippen LogP) is 9.43. The first-order chi connectivity index (χ1) is 15.7. The van der Waals surface area contributed by atoms with Gasteiger partial charge in [-0.1, -0.05) is 129 Å². The lowest BCUT2D eigenvalue weighted by molar-refractivity contribution is 0.190. The summed E-state index contributed by atoms with van der Waals surface area (Å²) in [4.78, 5) is 0. The normalized spacial score (nSPS) is 13.2. The van der Waals surface area contributed by atoms with Gasteiger partial charge in [0, 0.05) is 6.54 Å². The number of ether oxygens (including phenoxy) is 1. The molecule has 0 spiro atoms. The monoisotopic (exact) mass is 445 g/mol. The standard InChI is InChI=1S/C30H55NO/c1-5-8-9-10-11-12-13-14-15-16-17-18-19-22-25-31-26-28(7-3)32-30-24-21-20-23-29(30)27(4)6-2/h20-21,23-24,27-28,31H,5-19,22,25-26H2,1-4H3/t27-,28+/m1/s1. The average molecular weight is 446 g/mol. The number of benzene rings is 1. The number of hydrogen-bond donors (Lipinski definition) is 1. The van der Waals surface area contributed by atoms with E-state index in [1.165, 1.54) is 95.5 Å². The van der Waals surface area contributed by atoms with Gasteiger partial charge in [0.25, 0.3) is 0 Å². The molecule has 0 amide bonds. The molecule has 0 heterocycles. The Kier molecular flexibility index (Phi) is 18.7. The van der Waals surface area contributed by atoms with Crippen LogP contribution in [0.25, 0.3) is 0 Å². The lowest BCUT2D eigenvalue weighted by Crippen LogP contribution is -2.31. The van der Waals surface area contributed by atoms with Crippen LogP contribution in [0.1, 0.15) is 142 Å². The summed E-state index contributed by atoms with van der Waals surface area (Å²) in [6.45, 7) is 11.1. The van der Waals surface area contributed by atoms with Gasteiger partial charge in [0.15, 0.2) is 0 Å². The molecular weight excluding hydrogens is 390 g/mol. The van der Waals surface area contributed by atoms with E-state index in [-0.39, 0.29) is 6.10 Å². The topological polar surface area (TPSA) is 21.3 Å². The molecule has 1 N–H and O–H groups in total. The van der Waals surface area contributed by atoms with Crippen LogP contribution in [-0.4, -0.2) is 19.2 Å². The van der Waals surface area contributed by atoms with Crippen LogP contribution in [0, 0.1) is 0 Å². The van der Waals surface area contributed by atoms with Gasteiger partial charge in [-0.15, -0.1) is 0 Å². The summed E-state index contributed by atoms with van der Waals surface area (Å²) >= 11 is 0. The van der Waals surface area contributed by atoms with E-state index in [2.05, 4.69) is 57.3 Å². The Balaban J connectivity index is 1.99. The van der Waals surface area contributed by atoms with Gasteiger partial charge in [-0.3, -0.25) is 0 Å². The van der Waals surface area contributed by atoms with Crippen LogP contribution in [0.2, 0.25) is 0 Å². The van der Waals surface area contributed by atoms with Gasteiger partial charge in [-0.2, -0.15) is 0 Å². The van der Waals surface area contributed by atoms with Crippen LogP contribution in [-0.2, 0) is 0 Å². The van der Waals surface area contributed by atoms with E-state index in [1.54, 1.807) is 0 Å². The molecule has 0 aliphatic rings. The van der Waals surface area contributed by atoms with Crippen LogP contribution in [0.4, 0.5) is 0 Å². The Morgan fingerprint density at radius 2 is 1.22 bits per heavy atom. The Morgan fingerprint density at radius 3 is 1.75 bits per heavy atom. The first-order valence-electron chi connectivity index (χ1n) is 14.2. The minimum Gasteiger partial charge on any atom is -0.489 e. The molecule has 1 rings (SSSR count). The molecule has 2 atom stereocenters. The molecule has 0 aliphatic heterocycles. The predicted molar refractivity (Wildman–Crippen MR) is 143 cm³/mol. The molecule has 0 aliphatic carbocycles. The highest BCUT2D eigenvalue weighted by Gasteiger charge is 2.13. The Bertz CT molecular complexity index is 529. The van der Waals surface area contributed by atoms with Crippen molar-refractivity contribution in [1.82, 2.24) is 5.32 Å². The third kappa shape index (κ3) is 14.2. The third-order valence-electron chi connectivity index (χ3n) is 6.89. The molecule has 2 heteroatoms. The first kappa shape index (κ1) is 29.0. The molecule has 1 aromatic rings. The minimum atomic E-state index is 0.256. The highest BCUT2D eigenvalue weighted by molar-refractivity contribution is 5.36. The summed E-state index contributed by atoms with van der Waals surface area (Å²) in [5.41, 5.74) is 1.35. The average Bonchev–Trinajstić information content (AvgIpc) is 2.82. The number of unbranched alkanes of at least 4 members (excludes halogenated alkanes) is 13. The fraction of sp³-hybridized carbons (Fsp3) is 0.800. The van der Waals surface area contributed by atoms with Crippen LogP contribution in [0.5, 0.6) is 5.75 Å². The maximum Gasteiger partial charge on any atom is 0.123 e. The van der Waals surface area contributed by atoms with Gasteiger partial charge in [0.2, 0.25) is 0 Å². The summed E-state index contributed by atoms with van der Waals surface area (Å²) in [5, 5.41) is 3.64. The fourth-order valence-electron chi connectivity index (χ4n) is 4.37. The SMILES string of the molecule is CCCCCCCCCCCCCCCCNC[C@H](CC)Oc1ccccc1[C@H](C)CC. The van der Waals surface area contributed by atoms with Crippen molar-refractivity contribution >= 4 is 0 Å². The quantitative estimate of drug-likeness (QED) is 0.179. The summed E-state index contributed by atoms with van der Waals surface area (Å²) in [7, 11) is 0. The van der Waals surface area contributed by atoms with Gasteiger partial charge in [-0.25, -0.2) is 0 Å². The highest BCUT2D eigenvalue weighted by Crippen LogP contribution is 2.29. The second kappa shape index (κ2) is 20.6. The van der Waals surface area contributed by atoms with Gasteiger partial charge >= 0.3 is 0 Å². The Labute approximate surface area is 201 Å². The largest absolute Gasteiger partial charge is 0.489 e. The summed E-state index contributed by atoms with van der Waals surface area (Å²) in [6, 6.07) is 8.58. The maximum absolute atomic E-state index is 6.38. The zero-order valence-electron chi connectivity index (χ0n) is 22.1. The number of rotatable bonds is 22. The van der Waals surface area contributed by atoms with E-state index in [0.29, 0.717) is 5.92 Å². The van der Waals surface area contributed by atoms with E-state index < -0.39 is 0 Å². The highest BCUT2D eigenvalue weighted by atomic mass is 16.5. The summed E-state index contributed by atoms with van der Waals surface area (Å²) in [6.07, 6.45) is 22.3. The summed E-state index contributed by atoms with van der Waals surface area (Å²) in [5.74, 6) is 1.62. The number of nitrogens with one attached hydrogen (secondary N) is 1. The zero-order chi connectivity index (χ0) is 23.3. The van der Waals surface area contributed by atoms with Gasteiger partial charge in [-0.05, 0) is 43.4 Å². The van der Waals surface area contributed by atoms with Crippen LogP contribution < -0.4 is 10.1 Å². The molecule has 186 valence electrons. The van der Waals surface area contributed by atoms with E-state index >= 15 is 0 Å². The molecule has 0 unspecified atom stereocenters. The molecule has 0 saturated carbocycles. The van der Waals surface area contributed by atoms with Crippen molar-refractivity contribution in [2.75, 3.05) is 13.1 Å². The van der Waals surface area contributed by atoms with Gasteiger partial charge < -0.3 is 10.1 Å². The lowest BCUT2D eigenvalue weighted by Gasteiger charge is -2.22. The van der Waals surface area contributed by atoms with Crippen molar-refractivity contribution in [3.05, 3.63) is 29.8 Å². The molecule has 0 fully saturated rings. The van der Waals surface area contributed by atoms with Gasteiger partial charge in [0.1, 0.15) is 11.9 Å². The van der Waals surface area contributed by atoms with Crippen LogP contribution in [0.15, 0.2) is 24.3 Å². The molecular formula is C30H55NO. The molecule has 1 aromatic carbocycles. The van der Waals surface area contributed by atoms with Crippen molar-refractivity contribution in [2.45, 2.75) is 142 Å². The lowest BCUT2D eigenvalue weighted by atomic mass is 9.98. The first-order valence-corrected chi connectivity index (χ1v) is 14.2. The van der Waals surface area contributed by atoms with Crippen molar-refractivity contribution in [2.24, 2.45) is 0 Å². The van der Waals surface area contributed by atoms with Gasteiger partial charge in [0.05, 0.1) is 0 Å². The number of hydrogen-bond acceptors (Lipinski definition) is 2. The third-order valence-corrected chi connectivity index (χ3v) is 6.89. The van der Waals surface area contributed by atoms with Crippen LogP contribution >= 0.6 is 0 Å². The molecule has 0 bridgehead atoms.